The zero-order valence-electron chi connectivity index (χ0n) is 13.9. The van der Waals surface area contributed by atoms with E-state index in [-0.39, 0.29) is 6.42 Å². The number of benzene rings is 2. The summed E-state index contributed by atoms with van der Waals surface area (Å²) in [5.74, 6) is 0.229. The van der Waals surface area contributed by atoms with Gasteiger partial charge in [0.1, 0.15) is 5.75 Å². The number of carbonyl (C=O) groups is 1. The number of anilines is 1. The Morgan fingerprint density at radius 2 is 2.12 bits per heavy atom. The number of rotatable bonds is 6. The molecule has 0 heterocycles. The molecule has 1 aliphatic rings. The van der Waals surface area contributed by atoms with Crippen LogP contribution in [0, 0.1) is 0 Å². The van der Waals surface area contributed by atoms with Crippen molar-refractivity contribution in [1.29, 1.82) is 0 Å². The molecule has 0 aliphatic heterocycles. The van der Waals surface area contributed by atoms with Crippen LogP contribution < -0.4 is 10.1 Å². The third-order valence-corrected chi connectivity index (χ3v) is 4.58. The molecule has 2 N–H and O–H groups in total. The fourth-order valence-electron chi connectivity index (χ4n) is 3.39. The Hall–Kier alpha value is -2.49. The van der Waals surface area contributed by atoms with E-state index in [2.05, 4.69) is 17.4 Å². The molecule has 4 heteroatoms. The van der Waals surface area contributed by atoms with Gasteiger partial charge in [-0.1, -0.05) is 24.3 Å². The Morgan fingerprint density at radius 3 is 2.92 bits per heavy atom. The smallest absolute Gasteiger partial charge is 0.303 e. The van der Waals surface area contributed by atoms with E-state index in [1.807, 2.05) is 30.3 Å². The first kappa shape index (κ1) is 16.4. The number of methoxy groups -OCH3 is 1. The molecule has 1 atom stereocenters. The molecule has 0 aromatic heterocycles. The van der Waals surface area contributed by atoms with Gasteiger partial charge in [0.05, 0.1) is 7.11 Å². The van der Waals surface area contributed by atoms with Crippen molar-refractivity contribution in [3.63, 3.8) is 0 Å². The minimum absolute atomic E-state index is 0.167. The van der Waals surface area contributed by atoms with Crippen LogP contribution in [0.5, 0.6) is 5.75 Å². The van der Waals surface area contributed by atoms with Crippen molar-refractivity contribution in [3.05, 3.63) is 59.2 Å². The van der Waals surface area contributed by atoms with Crippen LogP contribution in [0.25, 0.3) is 0 Å². The van der Waals surface area contributed by atoms with Crippen LogP contribution in [-0.2, 0) is 24.1 Å². The number of fused-ring (bicyclic) bond motifs is 1. The van der Waals surface area contributed by atoms with Gasteiger partial charge in [0.15, 0.2) is 0 Å². The Balaban J connectivity index is 1.67. The average molecular weight is 325 g/mol. The average Bonchev–Trinajstić information content (AvgIpc) is 2.59. The van der Waals surface area contributed by atoms with E-state index in [0.717, 1.165) is 36.3 Å². The molecule has 3 rings (SSSR count). The highest BCUT2D eigenvalue weighted by atomic mass is 16.5. The highest BCUT2D eigenvalue weighted by Crippen LogP contribution is 2.30. The van der Waals surface area contributed by atoms with E-state index < -0.39 is 5.97 Å². The molecule has 24 heavy (non-hydrogen) atoms. The number of nitrogens with one attached hydrogen (secondary N) is 1. The molecule has 2 aromatic rings. The molecule has 0 radical (unpaired) electrons. The molecule has 0 fully saturated rings. The van der Waals surface area contributed by atoms with E-state index in [9.17, 15) is 4.79 Å². The molecular weight excluding hydrogens is 302 g/mol. The summed E-state index contributed by atoms with van der Waals surface area (Å²) in [5, 5.41) is 12.4. The second-order valence-corrected chi connectivity index (χ2v) is 6.28. The molecule has 0 spiro atoms. The first-order chi connectivity index (χ1) is 11.7. The summed E-state index contributed by atoms with van der Waals surface area (Å²) in [6, 6.07) is 14.7. The van der Waals surface area contributed by atoms with Crippen molar-refractivity contribution in [2.75, 3.05) is 12.4 Å². The van der Waals surface area contributed by atoms with Gasteiger partial charge in [-0.3, -0.25) is 4.79 Å². The first-order valence-corrected chi connectivity index (χ1v) is 8.37. The van der Waals surface area contributed by atoms with Gasteiger partial charge in [0.2, 0.25) is 0 Å². The van der Waals surface area contributed by atoms with E-state index in [4.69, 9.17) is 9.84 Å². The lowest BCUT2D eigenvalue weighted by molar-refractivity contribution is -0.136. The molecule has 0 amide bonds. The number of carboxylic acid groups (broad SMARTS) is 1. The number of ether oxygens (including phenoxy) is 1. The molecule has 0 saturated heterocycles. The molecular formula is C20H23NO3. The summed E-state index contributed by atoms with van der Waals surface area (Å²) in [6.07, 6.45) is 3.78. The maximum Gasteiger partial charge on any atom is 0.303 e. The van der Waals surface area contributed by atoms with Gasteiger partial charge in [0.25, 0.3) is 0 Å². The van der Waals surface area contributed by atoms with Crippen LogP contribution >= 0.6 is 0 Å². The molecule has 0 saturated carbocycles. The fourth-order valence-corrected chi connectivity index (χ4v) is 3.39. The van der Waals surface area contributed by atoms with Gasteiger partial charge in [-0.15, -0.1) is 0 Å². The third-order valence-electron chi connectivity index (χ3n) is 4.58. The Labute approximate surface area is 142 Å². The first-order valence-electron chi connectivity index (χ1n) is 8.37. The minimum atomic E-state index is -0.758. The van der Waals surface area contributed by atoms with Crippen molar-refractivity contribution in [1.82, 2.24) is 0 Å². The van der Waals surface area contributed by atoms with Crippen LogP contribution in [0.1, 0.15) is 29.5 Å². The largest absolute Gasteiger partial charge is 0.496 e. The SMILES string of the molecule is COc1cccc2c1CCC(Nc1cccc(CCC(=O)O)c1)C2. The van der Waals surface area contributed by atoms with Crippen molar-refractivity contribution in [3.8, 4) is 5.75 Å². The predicted octanol–water partition coefficient (Wildman–Crippen LogP) is 3.68. The van der Waals surface area contributed by atoms with Crippen molar-refractivity contribution in [2.45, 2.75) is 38.1 Å². The van der Waals surface area contributed by atoms with Gasteiger partial charge in [-0.2, -0.15) is 0 Å². The van der Waals surface area contributed by atoms with Gasteiger partial charge in [0, 0.05) is 18.2 Å². The van der Waals surface area contributed by atoms with Crippen LogP contribution in [0.3, 0.4) is 0 Å². The van der Waals surface area contributed by atoms with Crippen molar-refractivity contribution in [2.24, 2.45) is 0 Å². The number of hydrogen-bond donors (Lipinski definition) is 2. The van der Waals surface area contributed by atoms with Gasteiger partial charge >= 0.3 is 5.97 Å². The highest BCUT2D eigenvalue weighted by molar-refractivity contribution is 5.67. The van der Waals surface area contributed by atoms with Crippen molar-refractivity contribution >= 4 is 11.7 Å². The number of aryl methyl sites for hydroxylation is 1. The fraction of sp³-hybridized carbons (Fsp3) is 0.350. The monoisotopic (exact) mass is 325 g/mol. The van der Waals surface area contributed by atoms with Crippen LogP contribution in [0.4, 0.5) is 5.69 Å². The summed E-state index contributed by atoms with van der Waals surface area (Å²) in [7, 11) is 1.72. The highest BCUT2D eigenvalue weighted by Gasteiger charge is 2.21. The number of carboxylic acids is 1. The standard InChI is InChI=1S/C20H23NO3/c1-24-19-7-3-5-15-13-17(9-10-18(15)19)21-16-6-2-4-14(12-16)8-11-20(22)23/h2-7,12,17,21H,8-11,13H2,1H3,(H,22,23). The quantitative estimate of drug-likeness (QED) is 0.850. The topological polar surface area (TPSA) is 58.6 Å². The van der Waals surface area contributed by atoms with E-state index in [1.165, 1.54) is 11.1 Å². The lowest BCUT2D eigenvalue weighted by atomic mass is 9.87. The molecule has 1 unspecified atom stereocenters. The molecule has 2 aromatic carbocycles. The van der Waals surface area contributed by atoms with Gasteiger partial charge in [-0.05, 0) is 60.6 Å². The van der Waals surface area contributed by atoms with E-state index in [1.54, 1.807) is 7.11 Å². The Morgan fingerprint density at radius 1 is 1.29 bits per heavy atom. The normalized spacial score (nSPS) is 16.3. The Kier molecular flexibility index (Phi) is 5.04. The second kappa shape index (κ2) is 7.39. The second-order valence-electron chi connectivity index (χ2n) is 6.28. The van der Waals surface area contributed by atoms with Crippen LogP contribution in [0.15, 0.2) is 42.5 Å². The van der Waals surface area contributed by atoms with Crippen LogP contribution in [0.2, 0.25) is 0 Å². The van der Waals surface area contributed by atoms with E-state index in [0.29, 0.717) is 12.5 Å². The summed E-state index contributed by atoms with van der Waals surface area (Å²) in [6.45, 7) is 0. The Bertz CT molecular complexity index is 727. The zero-order chi connectivity index (χ0) is 16.9. The lowest BCUT2D eigenvalue weighted by Gasteiger charge is -2.27. The van der Waals surface area contributed by atoms with Gasteiger partial charge < -0.3 is 15.2 Å². The molecule has 126 valence electrons. The molecule has 4 nitrogen and oxygen atoms in total. The van der Waals surface area contributed by atoms with Crippen LogP contribution in [-0.4, -0.2) is 24.2 Å². The maximum absolute atomic E-state index is 10.7. The molecule has 1 aliphatic carbocycles. The summed E-state index contributed by atoms with van der Waals surface area (Å²) >= 11 is 0. The van der Waals surface area contributed by atoms with Crippen molar-refractivity contribution < 1.29 is 14.6 Å². The van der Waals surface area contributed by atoms with E-state index >= 15 is 0 Å². The van der Waals surface area contributed by atoms with Gasteiger partial charge in [-0.25, -0.2) is 0 Å². The zero-order valence-corrected chi connectivity index (χ0v) is 13.9. The number of aliphatic carboxylic acids is 1. The summed E-state index contributed by atoms with van der Waals surface area (Å²) in [5.41, 5.74) is 4.79. The summed E-state index contributed by atoms with van der Waals surface area (Å²) < 4.78 is 5.46. The number of hydrogen-bond acceptors (Lipinski definition) is 3. The third kappa shape index (κ3) is 3.88. The predicted molar refractivity (Wildman–Crippen MR) is 94.8 cm³/mol. The maximum atomic E-state index is 10.7. The lowest BCUT2D eigenvalue weighted by Crippen LogP contribution is -2.27. The molecule has 0 bridgehead atoms. The minimum Gasteiger partial charge on any atom is -0.496 e. The summed E-state index contributed by atoms with van der Waals surface area (Å²) in [4.78, 5) is 10.7.